The summed E-state index contributed by atoms with van der Waals surface area (Å²) in [5, 5.41) is 0. The first-order valence-corrected chi connectivity index (χ1v) is 4.41. The molecule has 0 fully saturated rings. The van der Waals surface area contributed by atoms with Gasteiger partial charge in [-0.3, -0.25) is 0 Å². The molecule has 0 saturated carbocycles. The Bertz CT molecular complexity index is 69.6. The largest absolute Gasteiger partial charge is 0.238 e. The van der Waals surface area contributed by atoms with Gasteiger partial charge in [0, 0.05) is 6.42 Å². The lowest BCUT2D eigenvalue weighted by atomic mass is 10.0. The smallest absolute Gasteiger partial charge is 0.211 e. The van der Waals surface area contributed by atoms with Crippen molar-refractivity contribution in [3.05, 3.63) is 0 Å². The molecule has 0 rings (SSSR count). The lowest BCUT2D eigenvalue weighted by molar-refractivity contribution is 0.133. The van der Waals surface area contributed by atoms with Crippen LogP contribution in [0.1, 0.15) is 46.0 Å². The van der Waals surface area contributed by atoms with Gasteiger partial charge < -0.3 is 0 Å². The van der Waals surface area contributed by atoms with Gasteiger partial charge in [0.05, 0.1) is 0 Å². The molecule has 0 aromatic rings. The van der Waals surface area contributed by atoms with Crippen LogP contribution in [0.15, 0.2) is 0 Å². The van der Waals surface area contributed by atoms with Crippen molar-refractivity contribution in [1.29, 1.82) is 0 Å². The van der Waals surface area contributed by atoms with Crippen LogP contribution in [-0.4, -0.2) is 6.43 Å². The lowest BCUT2D eigenvalue weighted by Crippen LogP contribution is -1.91. The Morgan fingerprint density at radius 3 is 1.91 bits per heavy atom. The second-order valence-corrected chi connectivity index (χ2v) is 3.42. The Morgan fingerprint density at radius 2 is 1.45 bits per heavy atom. The Hall–Kier alpha value is -0.140. The van der Waals surface area contributed by atoms with Gasteiger partial charge in [0.15, 0.2) is 0 Å². The van der Waals surface area contributed by atoms with Crippen LogP contribution in [0, 0.1) is 5.92 Å². The van der Waals surface area contributed by atoms with E-state index in [-0.39, 0.29) is 6.42 Å². The molecule has 0 aliphatic rings. The van der Waals surface area contributed by atoms with Crippen LogP contribution in [0.25, 0.3) is 0 Å². The van der Waals surface area contributed by atoms with E-state index in [1.807, 2.05) is 0 Å². The van der Waals surface area contributed by atoms with E-state index in [2.05, 4.69) is 13.8 Å². The molecule has 0 aliphatic heterocycles. The molecule has 0 aliphatic carbocycles. The summed E-state index contributed by atoms with van der Waals surface area (Å²) in [4.78, 5) is 0. The molecule has 0 atom stereocenters. The highest BCUT2D eigenvalue weighted by molar-refractivity contribution is 4.48. The molecule has 0 aromatic carbocycles. The molecule has 2 heteroatoms. The number of hydrogen-bond acceptors (Lipinski definition) is 0. The fraction of sp³-hybridized carbons (Fsp3) is 1.00. The number of hydrogen-bond donors (Lipinski definition) is 0. The van der Waals surface area contributed by atoms with Crippen LogP contribution < -0.4 is 0 Å². The van der Waals surface area contributed by atoms with E-state index in [0.717, 1.165) is 12.8 Å². The van der Waals surface area contributed by atoms with Gasteiger partial charge >= 0.3 is 0 Å². The standard InChI is InChI=1S/C9H18F2/c1-8(2)6-4-3-5-7-9(10)11/h8-9H,3-7H2,1-2H3. The van der Waals surface area contributed by atoms with Crippen LogP contribution >= 0.6 is 0 Å². The first-order chi connectivity index (χ1) is 5.13. The molecular formula is C9H18F2. The van der Waals surface area contributed by atoms with Crippen molar-refractivity contribution in [3.63, 3.8) is 0 Å². The van der Waals surface area contributed by atoms with Crippen molar-refractivity contribution in [2.75, 3.05) is 0 Å². The van der Waals surface area contributed by atoms with E-state index in [1.54, 1.807) is 0 Å². The Kier molecular flexibility index (Phi) is 6.48. The van der Waals surface area contributed by atoms with Gasteiger partial charge in [0.2, 0.25) is 6.43 Å². The van der Waals surface area contributed by atoms with E-state index < -0.39 is 6.43 Å². The molecule has 11 heavy (non-hydrogen) atoms. The van der Waals surface area contributed by atoms with Crippen LogP contribution in [0.2, 0.25) is 0 Å². The minimum Gasteiger partial charge on any atom is -0.211 e. The van der Waals surface area contributed by atoms with Crippen molar-refractivity contribution < 1.29 is 8.78 Å². The molecule has 0 amide bonds. The molecule has 0 bridgehead atoms. The molecular weight excluding hydrogens is 146 g/mol. The zero-order chi connectivity index (χ0) is 8.69. The molecule has 0 aromatic heterocycles. The van der Waals surface area contributed by atoms with Gasteiger partial charge in [0.25, 0.3) is 0 Å². The minimum atomic E-state index is -2.10. The summed E-state index contributed by atoms with van der Waals surface area (Å²) in [5.41, 5.74) is 0. The van der Waals surface area contributed by atoms with Gasteiger partial charge in [-0.15, -0.1) is 0 Å². The molecule has 0 heterocycles. The van der Waals surface area contributed by atoms with Crippen LogP contribution in [0.3, 0.4) is 0 Å². The Labute approximate surface area is 68.0 Å². The second-order valence-electron chi connectivity index (χ2n) is 3.42. The molecule has 68 valence electrons. The fourth-order valence-corrected chi connectivity index (χ4v) is 1.03. The van der Waals surface area contributed by atoms with Gasteiger partial charge in [-0.1, -0.05) is 33.1 Å². The van der Waals surface area contributed by atoms with Crippen LogP contribution in [0.4, 0.5) is 8.78 Å². The van der Waals surface area contributed by atoms with E-state index >= 15 is 0 Å². The normalized spacial score (nSPS) is 11.5. The van der Waals surface area contributed by atoms with Crippen molar-refractivity contribution in [2.24, 2.45) is 5.92 Å². The van der Waals surface area contributed by atoms with Crippen LogP contribution in [0.5, 0.6) is 0 Å². The summed E-state index contributed by atoms with van der Waals surface area (Å²) >= 11 is 0. The molecule has 0 spiro atoms. The summed E-state index contributed by atoms with van der Waals surface area (Å²) in [6.07, 6.45) is 1.90. The van der Waals surface area contributed by atoms with Crippen molar-refractivity contribution in [3.8, 4) is 0 Å². The SMILES string of the molecule is CC(C)CCCCCC(F)F. The van der Waals surface area contributed by atoms with Crippen molar-refractivity contribution in [1.82, 2.24) is 0 Å². The topological polar surface area (TPSA) is 0 Å². The van der Waals surface area contributed by atoms with Gasteiger partial charge in [0.1, 0.15) is 0 Å². The van der Waals surface area contributed by atoms with Crippen molar-refractivity contribution in [2.45, 2.75) is 52.4 Å². The van der Waals surface area contributed by atoms with Crippen molar-refractivity contribution >= 4 is 0 Å². The monoisotopic (exact) mass is 164 g/mol. The van der Waals surface area contributed by atoms with E-state index in [9.17, 15) is 8.78 Å². The third kappa shape index (κ3) is 9.86. The van der Waals surface area contributed by atoms with Crippen LogP contribution in [-0.2, 0) is 0 Å². The Balaban J connectivity index is 2.91. The number of unbranched alkanes of at least 4 members (excludes halogenated alkanes) is 2. The molecule has 0 nitrogen and oxygen atoms in total. The van der Waals surface area contributed by atoms with Gasteiger partial charge in [-0.05, 0) is 12.3 Å². The number of rotatable bonds is 6. The molecule has 0 saturated heterocycles. The van der Waals surface area contributed by atoms with E-state index in [4.69, 9.17) is 0 Å². The highest BCUT2D eigenvalue weighted by atomic mass is 19.3. The third-order valence-corrected chi connectivity index (χ3v) is 1.70. The first kappa shape index (κ1) is 10.9. The lowest BCUT2D eigenvalue weighted by Gasteiger charge is -2.03. The molecule has 0 radical (unpaired) electrons. The maximum atomic E-state index is 11.6. The second kappa shape index (κ2) is 6.56. The first-order valence-electron chi connectivity index (χ1n) is 4.41. The zero-order valence-electron chi connectivity index (χ0n) is 7.45. The summed E-state index contributed by atoms with van der Waals surface area (Å²) in [6.45, 7) is 4.32. The number of alkyl halides is 2. The maximum Gasteiger partial charge on any atom is 0.238 e. The van der Waals surface area contributed by atoms with Gasteiger partial charge in [-0.2, -0.15) is 0 Å². The predicted molar refractivity (Wildman–Crippen MR) is 43.9 cm³/mol. The fourth-order valence-electron chi connectivity index (χ4n) is 1.03. The highest BCUT2D eigenvalue weighted by Crippen LogP contribution is 2.11. The molecule has 0 N–H and O–H groups in total. The predicted octanol–water partition coefficient (Wildman–Crippen LogP) is 3.86. The maximum absolute atomic E-state index is 11.6. The van der Waals surface area contributed by atoms with E-state index in [1.165, 1.54) is 6.42 Å². The minimum absolute atomic E-state index is 0.0814. The average Bonchev–Trinajstić information content (AvgIpc) is 1.85. The zero-order valence-corrected chi connectivity index (χ0v) is 7.45. The highest BCUT2D eigenvalue weighted by Gasteiger charge is 2.01. The van der Waals surface area contributed by atoms with Gasteiger partial charge in [-0.25, -0.2) is 8.78 Å². The van der Waals surface area contributed by atoms with E-state index in [0.29, 0.717) is 12.3 Å². The Morgan fingerprint density at radius 1 is 0.909 bits per heavy atom. The third-order valence-electron chi connectivity index (χ3n) is 1.70. The average molecular weight is 164 g/mol. The summed E-state index contributed by atoms with van der Waals surface area (Å²) in [5.74, 6) is 0.710. The summed E-state index contributed by atoms with van der Waals surface area (Å²) in [6, 6.07) is 0. The summed E-state index contributed by atoms with van der Waals surface area (Å²) < 4.78 is 23.2. The number of halogens is 2. The summed E-state index contributed by atoms with van der Waals surface area (Å²) in [7, 11) is 0. The quantitative estimate of drug-likeness (QED) is 0.523. The molecule has 0 unspecified atom stereocenters.